The molecule has 1 fully saturated rings. The summed E-state index contributed by atoms with van der Waals surface area (Å²) in [4.78, 5) is 10.7. The van der Waals surface area contributed by atoms with Gasteiger partial charge in [-0.25, -0.2) is 0 Å². The molecule has 0 spiro atoms. The van der Waals surface area contributed by atoms with Crippen molar-refractivity contribution in [3.8, 4) is 0 Å². The molecule has 1 heterocycles. The minimum atomic E-state index is -0.600. The quantitative estimate of drug-likeness (QED) is 0.562. The Hall–Kier alpha value is -0.410. The van der Waals surface area contributed by atoms with Gasteiger partial charge in [0, 0.05) is 5.92 Å². The van der Waals surface area contributed by atoms with Crippen LogP contribution in [0, 0.1) is 5.92 Å². The Morgan fingerprint density at radius 3 is 2.50 bits per heavy atom. The molecule has 0 aromatic heterocycles. The number of Topliss-reactive ketones (excluding diaryl/α,β-unsaturated/α-hetero) is 1. The standard InChI is InChI=1S/C7H12O3/c1-4-3-10-7(5(2)8)6(4)9/h4,6-7,9H,3H2,1-2H3/t4-,6-,7+/m0/s1. The molecule has 0 amide bonds. The molecule has 0 radical (unpaired) electrons. The van der Waals surface area contributed by atoms with E-state index in [0.29, 0.717) is 6.61 Å². The molecule has 0 aromatic carbocycles. The molecule has 1 saturated heterocycles. The lowest BCUT2D eigenvalue weighted by Gasteiger charge is -2.10. The summed E-state index contributed by atoms with van der Waals surface area (Å²) in [6, 6.07) is 0. The van der Waals surface area contributed by atoms with Crippen molar-refractivity contribution >= 4 is 5.78 Å². The summed E-state index contributed by atoms with van der Waals surface area (Å²) in [6.45, 7) is 3.80. The van der Waals surface area contributed by atoms with Gasteiger partial charge < -0.3 is 9.84 Å². The third kappa shape index (κ3) is 1.20. The molecule has 1 N–H and O–H groups in total. The lowest BCUT2D eigenvalue weighted by molar-refractivity contribution is -0.129. The van der Waals surface area contributed by atoms with E-state index in [-0.39, 0.29) is 11.7 Å². The second kappa shape index (κ2) is 2.68. The predicted molar refractivity (Wildman–Crippen MR) is 35.6 cm³/mol. The van der Waals surface area contributed by atoms with Crippen LogP contribution in [0.2, 0.25) is 0 Å². The maximum absolute atomic E-state index is 10.7. The highest BCUT2D eigenvalue weighted by atomic mass is 16.5. The number of rotatable bonds is 1. The monoisotopic (exact) mass is 144 g/mol. The zero-order chi connectivity index (χ0) is 7.72. The summed E-state index contributed by atoms with van der Waals surface area (Å²) >= 11 is 0. The highest BCUT2D eigenvalue weighted by Gasteiger charge is 2.35. The van der Waals surface area contributed by atoms with Crippen molar-refractivity contribution in [2.75, 3.05) is 6.61 Å². The summed E-state index contributed by atoms with van der Waals surface area (Å²) in [5, 5.41) is 9.28. The van der Waals surface area contributed by atoms with E-state index in [1.807, 2.05) is 6.92 Å². The molecule has 3 atom stereocenters. The van der Waals surface area contributed by atoms with Crippen molar-refractivity contribution in [2.24, 2.45) is 5.92 Å². The first-order valence-electron chi connectivity index (χ1n) is 3.43. The number of carbonyl (C=O) groups excluding carboxylic acids is 1. The molecule has 3 nitrogen and oxygen atoms in total. The molecule has 58 valence electrons. The lowest BCUT2D eigenvalue weighted by Crippen LogP contribution is -2.30. The molecular weight excluding hydrogens is 132 g/mol. The Bertz CT molecular complexity index is 144. The SMILES string of the molecule is CC(=O)[C@H]1OC[C@H](C)[C@@H]1O. The van der Waals surface area contributed by atoms with Crippen molar-refractivity contribution in [2.45, 2.75) is 26.1 Å². The van der Waals surface area contributed by atoms with E-state index in [0.717, 1.165) is 0 Å². The van der Waals surface area contributed by atoms with Crippen LogP contribution in [0.25, 0.3) is 0 Å². The predicted octanol–water partition coefficient (Wildman–Crippen LogP) is -0.0288. The Balaban J connectivity index is 2.57. The first kappa shape index (κ1) is 7.69. The van der Waals surface area contributed by atoms with Crippen LogP contribution >= 0.6 is 0 Å². The number of carbonyl (C=O) groups is 1. The minimum Gasteiger partial charge on any atom is -0.390 e. The minimum absolute atomic E-state index is 0.0862. The van der Waals surface area contributed by atoms with Gasteiger partial charge in [-0.15, -0.1) is 0 Å². The topological polar surface area (TPSA) is 46.5 Å². The highest BCUT2D eigenvalue weighted by Crippen LogP contribution is 2.19. The number of aliphatic hydroxyl groups is 1. The van der Waals surface area contributed by atoms with Crippen molar-refractivity contribution in [3.63, 3.8) is 0 Å². The number of aliphatic hydroxyl groups excluding tert-OH is 1. The molecule has 1 aliphatic rings. The average Bonchev–Trinajstić information content (AvgIpc) is 2.14. The van der Waals surface area contributed by atoms with Gasteiger partial charge in [-0.3, -0.25) is 4.79 Å². The highest BCUT2D eigenvalue weighted by molar-refractivity contribution is 5.81. The van der Waals surface area contributed by atoms with Crippen molar-refractivity contribution in [1.29, 1.82) is 0 Å². The summed E-state index contributed by atoms with van der Waals surface area (Å²) < 4.78 is 5.04. The fourth-order valence-electron chi connectivity index (χ4n) is 1.11. The number of hydrogen-bond donors (Lipinski definition) is 1. The smallest absolute Gasteiger partial charge is 0.161 e. The van der Waals surface area contributed by atoms with E-state index in [2.05, 4.69) is 0 Å². The van der Waals surface area contributed by atoms with Crippen LogP contribution in [-0.4, -0.2) is 29.7 Å². The van der Waals surface area contributed by atoms with Gasteiger partial charge in [0.05, 0.1) is 12.7 Å². The molecule has 3 heteroatoms. The van der Waals surface area contributed by atoms with Gasteiger partial charge in [0.25, 0.3) is 0 Å². The van der Waals surface area contributed by atoms with Crippen LogP contribution < -0.4 is 0 Å². The van der Waals surface area contributed by atoms with Crippen molar-refractivity contribution in [1.82, 2.24) is 0 Å². The third-order valence-electron chi connectivity index (χ3n) is 1.83. The summed E-state index contributed by atoms with van der Waals surface area (Å²) in [6.07, 6.45) is -1.17. The van der Waals surface area contributed by atoms with Crippen LogP contribution in [0.1, 0.15) is 13.8 Å². The summed E-state index contributed by atoms with van der Waals surface area (Å²) in [5.74, 6) is 0.00532. The van der Waals surface area contributed by atoms with Crippen LogP contribution in [0.3, 0.4) is 0 Å². The Morgan fingerprint density at radius 2 is 2.30 bits per heavy atom. The normalized spacial score (nSPS) is 40.1. The zero-order valence-electron chi connectivity index (χ0n) is 6.20. The first-order chi connectivity index (χ1) is 4.63. The number of hydrogen-bond acceptors (Lipinski definition) is 3. The van der Waals surface area contributed by atoms with Gasteiger partial charge in [0.2, 0.25) is 0 Å². The van der Waals surface area contributed by atoms with Crippen LogP contribution in [-0.2, 0) is 9.53 Å². The number of ether oxygens (including phenoxy) is 1. The maximum Gasteiger partial charge on any atom is 0.161 e. The van der Waals surface area contributed by atoms with Crippen LogP contribution in [0.4, 0.5) is 0 Å². The zero-order valence-corrected chi connectivity index (χ0v) is 6.20. The van der Waals surface area contributed by atoms with Crippen molar-refractivity contribution in [3.05, 3.63) is 0 Å². The fraction of sp³-hybridized carbons (Fsp3) is 0.857. The van der Waals surface area contributed by atoms with E-state index < -0.39 is 12.2 Å². The van der Waals surface area contributed by atoms with E-state index in [4.69, 9.17) is 4.74 Å². The van der Waals surface area contributed by atoms with Crippen molar-refractivity contribution < 1.29 is 14.6 Å². The second-order valence-corrected chi connectivity index (χ2v) is 2.83. The van der Waals surface area contributed by atoms with Gasteiger partial charge >= 0.3 is 0 Å². The number of ketones is 1. The van der Waals surface area contributed by atoms with Gasteiger partial charge in [0.15, 0.2) is 5.78 Å². The summed E-state index contributed by atoms with van der Waals surface area (Å²) in [7, 11) is 0. The molecule has 0 saturated carbocycles. The molecular formula is C7H12O3. The largest absolute Gasteiger partial charge is 0.390 e. The van der Waals surface area contributed by atoms with Gasteiger partial charge in [0.1, 0.15) is 6.10 Å². The Kier molecular flexibility index (Phi) is 2.06. The fourth-order valence-corrected chi connectivity index (χ4v) is 1.11. The molecule has 1 aliphatic heterocycles. The van der Waals surface area contributed by atoms with E-state index in [1.54, 1.807) is 0 Å². The molecule has 0 unspecified atom stereocenters. The van der Waals surface area contributed by atoms with Gasteiger partial charge in [-0.2, -0.15) is 0 Å². The van der Waals surface area contributed by atoms with E-state index in [9.17, 15) is 9.90 Å². The molecule has 0 aromatic rings. The maximum atomic E-state index is 10.7. The average molecular weight is 144 g/mol. The molecule has 0 bridgehead atoms. The lowest BCUT2D eigenvalue weighted by atomic mass is 10.0. The Labute approximate surface area is 60.0 Å². The Morgan fingerprint density at radius 1 is 1.70 bits per heavy atom. The summed E-state index contributed by atoms with van der Waals surface area (Å²) in [5.41, 5.74) is 0. The third-order valence-corrected chi connectivity index (χ3v) is 1.83. The second-order valence-electron chi connectivity index (χ2n) is 2.83. The van der Waals surface area contributed by atoms with Crippen LogP contribution in [0.5, 0.6) is 0 Å². The molecule has 0 aliphatic carbocycles. The van der Waals surface area contributed by atoms with Gasteiger partial charge in [-0.1, -0.05) is 6.92 Å². The van der Waals surface area contributed by atoms with Crippen LogP contribution in [0.15, 0.2) is 0 Å². The van der Waals surface area contributed by atoms with E-state index in [1.165, 1.54) is 6.92 Å². The first-order valence-corrected chi connectivity index (χ1v) is 3.43. The van der Waals surface area contributed by atoms with E-state index >= 15 is 0 Å². The molecule has 1 rings (SSSR count). The molecule has 10 heavy (non-hydrogen) atoms. The van der Waals surface area contributed by atoms with Gasteiger partial charge in [-0.05, 0) is 6.92 Å².